The number of rotatable bonds is 7. The predicted molar refractivity (Wildman–Crippen MR) is 122 cm³/mol. The Morgan fingerprint density at radius 3 is 2.41 bits per heavy atom. The van der Waals surface area contributed by atoms with E-state index in [9.17, 15) is 13.5 Å². The molecule has 9 heteroatoms. The zero-order valence-electron chi connectivity index (χ0n) is 15.6. The Morgan fingerprint density at radius 2 is 1.89 bits per heavy atom. The van der Waals surface area contributed by atoms with Gasteiger partial charge in [0, 0.05) is 17.7 Å². The lowest BCUT2D eigenvalue weighted by atomic mass is 10.1. The minimum atomic E-state index is -3.19. The SMILES string of the molecule is CCNC(=NCc1ccc(S(C)(=O)=O)cc1)NCC(C)(O)c1cccs1.I. The molecule has 0 fully saturated rings. The summed E-state index contributed by atoms with van der Waals surface area (Å²) in [5.74, 6) is 0.594. The number of benzene rings is 1. The largest absolute Gasteiger partial charge is 0.383 e. The molecule has 0 amide bonds. The first-order chi connectivity index (χ1) is 12.2. The normalized spacial score (nSPS) is 14.1. The Labute approximate surface area is 182 Å². The summed E-state index contributed by atoms with van der Waals surface area (Å²) in [6.07, 6.45) is 1.19. The summed E-state index contributed by atoms with van der Waals surface area (Å²) in [5.41, 5.74) is -0.0822. The molecule has 0 radical (unpaired) electrons. The Balaban J connectivity index is 0.00000364. The highest BCUT2D eigenvalue weighted by molar-refractivity contribution is 14.0. The molecule has 6 nitrogen and oxygen atoms in total. The molecule has 1 aromatic heterocycles. The van der Waals surface area contributed by atoms with Crippen LogP contribution >= 0.6 is 35.3 Å². The molecule has 1 aromatic carbocycles. The van der Waals surface area contributed by atoms with Gasteiger partial charge in [-0.2, -0.15) is 0 Å². The smallest absolute Gasteiger partial charge is 0.191 e. The maximum absolute atomic E-state index is 11.5. The molecule has 3 N–H and O–H groups in total. The average molecular weight is 523 g/mol. The second kappa shape index (κ2) is 10.4. The van der Waals surface area contributed by atoms with Gasteiger partial charge in [-0.25, -0.2) is 13.4 Å². The number of hydrogen-bond acceptors (Lipinski definition) is 5. The van der Waals surface area contributed by atoms with E-state index in [2.05, 4.69) is 15.6 Å². The van der Waals surface area contributed by atoms with Crippen LogP contribution in [-0.4, -0.2) is 38.8 Å². The van der Waals surface area contributed by atoms with Crippen LogP contribution in [0.5, 0.6) is 0 Å². The minimum absolute atomic E-state index is 0. The van der Waals surface area contributed by atoms with E-state index in [1.165, 1.54) is 17.6 Å². The van der Waals surface area contributed by atoms with Gasteiger partial charge in [0.2, 0.25) is 0 Å². The van der Waals surface area contributed by atoms with Gasteiger partial charge in [0.05, 0.1) is 18.0 Å². The Kier molecular flexibility index (Phi) is 9.19. The first-order valence-corrected chi connectivity index (χ1v) is 11.1. The number of sulfone groups is 1. The van der Waals surface area contributed by atoms with Crippen LogP contribution in [0.15, 0.2) is 51.7 Å². The van der Waals surface area contributed by atoms with Crippen molar-refractivity contribution < 1.29 is 13.5 Å². The first kappa shape index (κ1) is 23.9. The number of thiophene rings is 1. The quantitative estimate of drug-likeness (QED) is 0.295. The molecule has 0 bridgehead atoms. The van der Waals surface area contributed by atoms with Crippen molar-refractivity contribution in [3.63, 3.8) is 0 Å². The van der Waals surface area contributed by atoms with E-state index in [-0.39, 0.29) is 24.0 Å². The number of nitrogens with zero attached hydrogens (tertiary/aromatic N) is 1. The highest BCUT2D eigenvalue weighted by Crippen LogP contribution is 2.24. The highest BCUT2D eigenvalue weighted by atomic mass is 127. The molecule has 1 unspecified atom stereocenters. The van der Waals surface area contributed by atoms with E-state index < -0.39 is 15.4 Å². The fraction of sp³-hybridized carbons (Fsp3) is 0.389. The molecule has 0 aliphatic heterocycles. The summed E-state index contributed by atoms with van der Waals surface area (Å²) in [6, 6.07) is 10.5. The van der Waals surface area contributed by atoms with E-state index in [1.54, 1.807) is 31.2 Å². The van der Waals surface area contributed by atoms with Crippen molar-refractivity contribution in [3.8, 4) is 0 Å². The summed E-state index contributed by atoms with van der Waals surface area (Å²) in [5, 5.41) is 18.8. The van der Waals surface area contributed by atoms with Crippen molar-refractivity contribution in [1.82, 2.24) is 10.6 Å². The predicted octanol–water partition coefficient (Wildman–Crippen LogP) is 2.73. The molecule has 1 atom stereocenters. The third-order valence-electron chi connectivity index (χ3n) is 3.77. The van der Waals surface area contributed by atoms with Gasteiger partial charge >= 0.3 is 0 Å². The molecule has 150 valence electrons. The van der Waals surface area contributed by atoms with Crippen molar-refractivity contribution in [2.45, 2.75) is 30.9 Å². The summed E-state index contributed by atoms with van der Waals surface area (Å²) in [6.45, 7) is 5.15. The molecule has 0 saturated heterocycles. The Morgan fingerprint density at radius 1 is 1.22 bits per heavy atom. The second-order valence-electron chi connectivity index (χ2n) is 6.22. The molecule has 0 aliphatic carbocycles. The van der Waals surface area contributed by atoms with Crippen molar-refractivity contribution in [2.75, 3.05) is 19.3 Å². The van der Waals surface area contributed by atoms with E-state index in [4.69, 9.17) is 0 Å². The van der Waals surface area contributed by atoms with Gasteiger partial charge in [-0.1, -0.05) is 18.2 Å². The molecule has 2 rings (SSSR count). The Bertz CT molecular complexity index is 833. The van der Waals surface area contributed by atoms with Gasteiger partial charge in [0.25, 0.3) is 0 Å². The maximum Gasteiger partial charge on any atom is 0.191 e. The van der Waals surface area contributed by atoms with Crippen LogP contribution in [0.4, 0.5) is 0 Å². The molecule has 1 heterocycles. The molecule has 2 aromatic rings. The molecule has 0 saturated carbocycles. The fourth-order valence-corrected chi connectivity index (χ4v) is 3.70. The van der Waals surface area contributed by atoms with Gasteiger partial charge in [-0.05, 0) is 43.0 Å². The van der Waals surface area contributed by atoms with Gasteiger partial charge in [0.1, 0.15) is 5.60 Å². The van der Waals surface area contributed by atoms with Crippen LogP contribution in [-0.2, 0) is 22.0 Å². The van der Waals surface area contributed by atoms with Crippen molar-refractivity contribution in [1.29, 1.82) is 0 Å². The number of aliphatic hydroxyl groups is 1. The van der Waals surface area contributed by atoms with E-state index in [0.29, 0.717) is 30.5 Å². The molecular weight excluding hydrogens is 497 g/mol. The standard InChI is InChI=1S/C18H25N3O3S2.HI/c1-4-19-17(21-13-18(2,22)16-6-5-11-25-16)20-12-14-7-9-15(10-8-14)26(3,23)24;/h5-11,22H,4,12-13H2,1-3H3,(H2,19,20,21);1H. The topological polar surface area (TPSA) is 90.8 Å². The third kappa shape index (κ3) is 7.40. The number of hydrogen-bond donors (Lipinski definition) is 3. The van der Waals surface area contributed by atoms with Crippen molar-refractivity contribution in [3.05, 3.63) is 52.2 Å². The monoisotopic (exact) mass is 523 g/mol. The average Bonchev–Trinajstić information content (AvgIpc) is 3.12. The molecule has 0 aliphatic rings. The van der Waals surface area contributed by atoms with Crippen LogP contribution in [0, 0.1) is 0 Å². The van der Waals surface area contributed by atoms with E-state index >= 15 is 0 Å². The summed E-state index contributed by atoms with van der Waals surface area (Å²) in [7, 11) is -3.19. The van der Waals surface area contributed by atoms with E-state index in [1.807, 2.05) is 24.4 Å². The van der Waals surface area contributed by atoms with Gasteiger partial charge in [-0.3, -0.25) is 0 Å². The van der Waals surface area contributed by atoms with Crippen LogP contribution in [0.2, 0.25) is 0 Å². The minimum Gasteiger partial charge on any atom is -0.383 e. The Hall–Kier alpha value is -1.17. The zero-order chi connectivity index (χ0) is 19.2. The van der Waals surface area contributed by atoms with Crippen LogP contribution in [0.1, 0.15) is 24.3 Å². The fourth-order valence-electron chi connectivity index (χ4n) is 2.28. The first-order valence-electron chi connectivity index (χ1n) is 8.30. The van der Waals surface area contributed by atoms with Crippen LogP contribution in [0.3, 0.4) is 0 Å². The molecule has 27 heavy (non-hydrogen) atoms. The van der Waals surface area contributed by atoms with Crippen LogP contribution in [0.25, 0.3) is 0 Å². The van der Waals surface area contributed by atoms with E-state index in [0.717, 1.165) is 10.4 Å². The van der Waals surface area contributed by atoms with Gasteiger partial charge in [0.15, 0.2) is 15.8 Å². The van der Waals surface area contributed by atoms with Crippen LogP contribution < -0.4 is 10.6 Å². The zero-order valence-corrected chi connectivity index (χ0v) is 19.6. The van der Waals surface area contributed by atoms with Crippen molar-refractivity contribution in [2.24, 2.45) is 4.99 Å². The molecule has 0 spiro atoms. The van der Waals surface area contributed by atoms with Crippen molar-refractivity contribution >= 4 is 51.1 Å². The number of aliphatic imine (C=N–C) groups is 1. The lowest BCUT2D eigenvalue weighted by molar-refractivity contribution is 0.0655. The second-order valence-corrected chi connectivity index (χ2v) is 9.18. The van der Waals surface area contributed by atoms with Gasteiger partial charge < -0.3 is 15.7 Å². The third-order valence-corrected chi connectivity index (χ3v) is 6.02. The lowest BCUT2D eigenvalue weighted by Gasteiger charge is -2.23. The molecular formula is C18H26IN3O3S2. The highest BCUT2D eigenvalue weighted by Gasteiger charge is 2.24. The number of nitrogens with one attached hydrogen (secondary N) is 2. The number of halogens is 1. The number of guanidine groups is 1. The summed E-state index contributed by atoms with van der Waals surface area (Å²) in [4.78, 5) is 5.68. The van der Waals surface area contributed by atoms with Gasteiger partial charge in [-0.15, -0.1) is 35.3 Å². The summed E-state index contributed by atoms with van der Waals surface area (Å²) >= 11 is 1.51. The summed E-state index contributed by atoms with van der Waals surface area (Å²) < 4.78 is 23.0. The lowest BCUT2D eigenvalue weighted by Crippen LogP contribution is -2.44. The maximum atomic E-state index is 11.5.